The van der Waals surface area contributed by atoms with Gasteiger partial charge in [0.05, 0.1) is 11.3 Å². The second-order valence-electron chi connectivity index (χ2n) is 8.04. The highest BCUT2D eigenvalue weighted by Crippen LogP contribution is 2.25. The molecule has 31 heavy (non-hydrogen) atoms. The third-order valence-corrected chi connectivity index (χ3v) is 4.51. The molecular weight excluding hydrogens is 394 g/mol. The van der Waals surface area contributed by atoms with Gasteiger partial charge in [-0.25, -0.2) is 14.8 Å². The molecule has 0 radical (unpaired) electrons. The maximum Gasteiger partial charge on any atom is 0.410 e. The van der Waals surface area contributed by atoms with Crippen LogP contribution in [-0.2, 0) is 4.74 Å². The number of likely N-dealkylation sites (tertiary alicyclic amines) is 1. The van der Waals surface area contributed by atoms with Crippen molar-refractivity contribution in [2.24, 2.45) is 0 Å². The van der Waals surface area contributed by atoms with Gasteiger partial charge in [-0.15, -0.1) is 0 Å². The van der Waals surface area contributed by atoms with Gasteiger partial charge in [0.15, 0.2) is 0 Å². The average Bonchev–Trinajstić information content (AvgIpc) is 3.17. The fourth-order valence-electron chi connectivity index (χ4n) is 3.11. The molecule has 6 N–H and O–H groups in total. The molecule has 1 aliphatic heterocycles. The highest BCUT2D eigenvalue weighted by atomic mass is 16.6. The first-order valence-corrected chi connectivity index (χ1v) is 10.4. The molecule has 1 fully saturated rings. The first-order chi connectivity index (χ1) is 14.6. The number of hydrogen-bond acceptors (Lipinski definition) is 8. The van der Waals surface area contributed by atoms with E-state index in [1.54, 1.807) is 29.2 Å². The van der Waals surface area contributed by atoms with Gasteiger partial charge >= 0.3 is 6.09 Å². The highest BCUT2D eigenvalue weighted by Gasteiger charge is 2.30. The lowest BCUT2D eigenvalue weighted by molar-refractivity contribution is 0.0293. The number of carbonyl (C=O) groups is 1. The fraction of sp³-hybridized carbons (Fsp3) is 0.455. The number of hydrogen-bond donors (Lipinski definition) is 4. The molecule has 2 aromatic rings. The minimum Gasteiger partial charge on any atom is -0.444 e. The lowest BCUT2D eigenvalue weighted by Gasteiger charge is -2.24. The van der Waals surface area contributed by atoms with E-state index in [1.807, 2.05) is 34.6 Å². The number of nitrogens with two attached hydrogens (primary N) is 2. The number of carbonyl (C=O) groups excluding carboxylic acids is 1. The van der Waals surface area contributed by atoms with Gasteiger partial charge in [0.2, 0.25) is 0 Å². The van der Waals surface area contributed by atoms with E-state index >= 15 is 0 Å². The van der Waals surface area contributed by atoms with E-state index in [0.29, 0.717) is 35.7 Å². The molecule has 0 bridgehead atoms. The molecule has 1 unspecified atom stereocenters. The number of nitrogens with one attached hydrogen (secondary N) is 2. The molecule has 1 amide bonds. The topological polar surface area (TPSA) is 143 Å². The van der Waals surface area contributed by atoms with Gasteiger partial charge in [-0.2, -0.15) is 0 Å². The minimum atomic E-state index is -0.537. The Hall–Kier alpha value is -3.36. The number of ether oxygens (including phenoxy) is 1. The summed E-state index contributed by atoms with van der Waals surface area (Å²) in [6, 6.07) is 6.94. The van der Waals surface area contributed by atoms with Crippen LogP contribution in [0.3, 0.4) is 0 Å². The van der Waals surface area contributed by atoms with Gasteiger partial charge in [0, 0.05) is 30.4 Å². The van der Waals surface area contributed by atoms with E-state index in [0.717, 1.165) is 6.42 Å². The van der Waals surface area contributed by atoms with Crippen LogP contribution < -0.4 is 16.8 Å². The van der Waals surface area contributed by atoms with E-state index < -0.39 is 5.60 Å². The highest BCUT2D eigenvalue weighted by molar-refractivity contribution is 6.16. The summed E-state index contributed by atoms with van der Waals surface area (Å²) in [6.45, 7) is 10.6. The number of nitrogen functional groups attached to an aromatic ring is 2. The molecule has 1 aromatic heterocycles. The van der Waals surface area contributed by atoms with Gasteiger partial charge < -0.3 is 26.4 Å². The van der Waals surface area contributed by atoms with Gasteiger partial charge in [0.25, 0.3) is 0 Å². The molecule has 168 valence electrons. The van der Waals surface area contributed by atoms with Crippen molar-refractivity contribution in [2.75, 3.05) is 29.9 Å². The fourth-order valence-corrected chi connectivity index (χ4v) is 3.11. The summed E-state index contributed by atoms with van der Waals surface area (Å²) >= 11 is 0. The summed E-state index contributed by atoms with van der Waals surface area (Å²) < 4.78 is 5.44. The molecule has 1 saturated heterocycles. The first-order valence-electron chi connectivity index (χ1n) is 10.4. The zero-order chi connectivity index (χ0) is 23.2. The SMILES string of the molecule is CC.CC(C)(C)OC(=O)N1CCC(Nc2ncnc(N)c2C(=N)c2ccc(N)cc2)C1. The van der Waals surface area contributed by atoms with Crippen molar-refractivity contribution in [3.8, 4) is 0 Å². The summed E-state index contributed by atoms with van der Waals surface area (Å²) in [5.74, 6) is 0.682. The van der Waals surface area contributed by atoms with E-state index in [-0.39, 0.29) is 23.7 Å². The number of aromatic nitrogens is 2. The zero-order valence-electron chi connectivity index (χ0n) is 18.9. The Morgan fingerprint density at radius 3 is 2.45 bits per heavy atom. The van der Waals surface area contributed by atoms with Crippen LogP contribution in [-0.4, -0.2) is 51.4 Å². The number of rotatable bonds is 4. The third kappa shape index (κ3) is 6.31. The smallest absolute Gasteiger partial charge is 0.410 e. The molecule has 1 aromatic carbocycles. The summed E-state index contributed by atoms with van der Waals surface area (Å²) in [5, 5.41) is 11.9. The molecule has 1 aliphatic rings. The van der Waals surface area contributed by atoms with Crippen molar-refractivity contribution in [3.05, 3.63) is 41.7 Å². The maximum atomic E-state index is 12.3. The molecule has 2 heterocycles. The molecular formula is C22H33N7O2. The van der Waals surface area contributed by atoms with E-state index in [9.17, 15) is 4.79 Å². The molecule has 1 atom stereocenters. The van der Waals surface area contributed by atoms with Crippen molar-refractivity contribution in [1.29, 1.82) is 5.41 Å². The quantitative estimate of drug-likeness (QED) is 0.432. The minimum absolute atomic E-state index is 0.0326. The number of amides is 1. The summed E-state index contributed by atoms with van der Waals surface area (Å²) in [4.78, 5) is 22.3. The van der Waals surface area contributed by atoms with E-state index in [2.05, 4.69) is 15.3 Å². The van der Waals surface area contributed by atoms with Crippen molar-refractivity contribution in [2.45, 2.75) is 52.7 Å². The van der Waals surface area contributed by atoms with Crippen LogP contribution in [0.1, 0.15) is 52.2 Å². The van der Waals surface area contributed by atoms with Crippen LogP contribution >= 0.6 is 0 Å². The van der Waals surface area contributed by atoms with Crippen LogP contribution in [0, 0.1) is 5.41 Å². The van der Waals surface area contributed by atoms with Crippen LogP contribution in [0.2, 0.25) is 0 Å². The van der Waals surface area contributed by atoms with Crippen molar-refractivity contribution < 1.29 is 9.53 Å². The van der Waals surface area contributed by atoms with Crippen LogP contribution in [0.4, 0.5) is 22.1 Å². The third-order valence-electron chi connectivity index (χ3n) is 4.51. The second kappa shape index (κ2) is 10.1. The van der Waals surface area contributed by atoms with Crippen molar-refractivity contribution in [3.63, 3.8) is 0 Å². The van der Waals surface area contributed by atoms with Crippen molar-refractivity contribution >= 4 is 29.1 Å². The predicted octanol–water partition coefficient (Wildman–Crippen LogP) is 3.50. The Morgan fingerprint density at radius 2 is 1.84 bits per heavy atom. The van der Waals surface area contributed by atoms with Crippen LogP contribution in [0.15, 0.2) is 30.6 Å². The monoisotopic (exact) mass is 427 g/mol. The van der Waals surface area contributed by atoms with Crippen LogP contribution in [0.5, 0.6) is 0 Å². The number of nitrogens with zero attached hydrogens (tertiary/aromatic N) is 3. The molecule has 9 heteroatoms. The number of benzene rings is 1. The van der Waals surface area contributed by atoms with E-state index in [4.69, 9.17) is 21.6 Å². The molecule has 9 nitrogen and oxygen atoms in total. The Morgan fingerprint density at radius 1 is 1.19 bits per heavy atom. The maximum absolute atomic E-state index is 12.3. The molecule has 3 rings (SSSR count). The molecule has 0 spiro atoms. The Bertz CT molecular complexity index is 907. The van der Waals surface area contributed by atoms with Crippen LogP contribution in [0.25, 0.3) is 0 Å². The van der Waals surface area contributed by atoms with Gasteiger partial charge in [-0.1, -0.05) is 26.0 Å². The lowest BCUT2D eigenvalue weighted by Crippen LogP contribution is -2.36. The number of anilines is 3. The normalized spacial score (nSPS) is 15.6. The molecule has 0 saturated carbocycles. The summed E-state index contributed by atoms with van der Waals surface area (Å²) in [7, 11) is 0. The van der Waals surface area contributed by atoms with Gasteiger partial charge in [-0.3, -0.25) is 5.41 Å². The average molecular weight is 428 g/mol. The van der Waals surface area contributed by atoms with Gasteiger partial charge in [0.1, 0.15) is 23.6 Å². The summed E-state index contributed by atoms with van der Waals surface area (Å²) in [6.07, 6.45) is 1.76. The largest absolute Gasteiger partial charge is 0.444 e. The Kier molecular flexibility index (Phi) is 7.79. The lowest BCUT2D eigenvalue weighted by atomic mass is 10.0. The zero-order valence-corrected chi connectivity index (χ0v) is 18.9. The molecule has 0 aliphatic carbocycles. The van der Waals surface area contributed by atoms with Crippen molar-refractivity contribution in [1.82, 2.24) is 14.9 Å². The van der Waals surface area contributed by atoms with Gasteiger partial charge in [-0.05, 0) is 39.3 Å². The standard InChI is InChI=1S/C20H27N7O2.C2H6/c1-20(2,3)29-19(28)27-9-8-14(10-27)26-18-15(17(23)24-11-25-18)16(22)12-4-6-13(21)7-5-12;1-2/h4-7,11,14,22H,8-10,21H2,1-3H3,(H3,23,24,25,26);1-2H3. The second-order valence-corrected chi connectivity index (χ2v) is 8.04. The predicted molar refractivity (Wildman–Crippen MR) is 124 cm³/mol. The Balaban J connectivity index is 0.00000166. The Labute approximate surface area is 183 Å². The van der Waals surface area contributed by atoms with E-state index in [1.165, 1.54) is 6.33 Å². The first kappa shape index (κ1) is 23.9. The summed E-state index contributed by atoms with van der Waals surface area (Å²) in [5.41, 5.74) is 13.2.